The van der Waals surface area contributed by atoms with Crippen LogP contribution in [0.25, 0.3) is 0 Å². The molecule has 1 saturated heterocycles. The van der Waals surface area contributed by atoms with E-state index >= 15 is 0 Å². The van der Waals surface area contributed by atoms with Crippen LogP contribution >= 0.6 is 0 Å². The molecule has 1 aromatic rings. The molecule has 10 heteroatoms. The van der Waals surface area contributed by atoms with E-state index in [1.807, 2.05) is 0 Å². The molecule has 0 aliphatic carbocycles. The molecule has 1 fully saturated rings. The Morgan fingerprint density at radius 1 is 1.36 bits per heavy atom. The van der Waals surface area contributed by atoms with Gasteiger partial charge >= 0.3 is 11.9 Å². The molecule has 0 aromatic heterocycles. The SMILES string of the molecule is CCOC(=O)C[C@@H](c1ccc([N+](=O)[O-])cc1)[C@@H](NC(=O)[C@@H]1CCCO1)C(=O)O. The number of nitro benzene ring substituents is 1. The molecule has 1 aliphatic rings. The van der Waals surface area contributed by atoms with Crippen molar-refractivity contribution in [2.75, 3.05) is 13.2 Å². The summed E-state index contributed by atoms with van der Waals surface area (Å²) < 4.78 is 10.2. The van der Waals surface area contributed by atoms with Crippen molar-refractivity contribution in [3.63, 3.8) is 0 Å². The van der Waals surface area contributed by atoms with Crippen LogP contribution in [0.4, 0.5) is 5.69 Å². The molecule has 0 spiro atoms. The van der Waals surface area contributed by atoms with Crippen LogP contribution in [0.2, 0.25) is 0 Å². The third-order valence-corrected chi connectivity index (χ3v) is 4.41. The van der Waals surface area contributed by atoms with Gasteiger partial charge in [-0.2, -0.15) is 0 Å². The summed E-state index contributed by atoms with van der Waals surface area (Å²) in [6, 6.07) is 3.75. The Labute approximate surface area is 161 Å². The molecule has 10 nitrogen and oxygen atoms in total. The Hall–Kier alpha value is -3.01. The Balaban J connectivity index is 2.29. The van der Waals surface area contributed by atoms with Gasteiger partial charge in [-0.3, -0.25) is 19.7 Å². The number of ether oxygens (including phenoxy) is 2. The number of hydrogen-bond donors (Lipinski definition) is 2. The second-order valence-electron chi connectivity index (χ2n) is 6.29. The first-order valence-corrected chi connectivity index (χ1v) is 8.88. The first-order valence-electron chi connectivity index (χ1n) is 8.88. The van der Waals surface area contributed by atoms with Crippen molar-refractivity contribution < 1.29 is 33.9 Å². The largest absolute Gasteiger partial charge is 0.480 e. The van der Waals surface area contributed by atoms with Crippen molar-refractivity contribution in [2.45, 2.75) is 44.2 Å². The summed E-state index contributed by atoms with van der Waals surface area (Å²) in [5.41, 5.74) is 0.188. The van der Waals surface area contributed by atoms with E-state index in [0.29, 0.717) is 25.0 Å². The second-order valence-corrected chi connectivity index (χ2v) is 6.29. The first kappa shape index (κ1) is 21.3. The van der Waals surface area contributed by atoms with E-state index in [1.165, 1.54) is 24.3 Å². The fourth-order valence-corrected chi connectivity index (χ4v) is 3.04. The van der Waals surface area contributed by atoms with Crippen molar-refractivity contribution in [2.24, 2.45) is 0 Å². The van der Waals surface area contributed by atoms with Gasteiger partial charge < -0.3 is 19.9 Å². The number of non-ortho nitro benzene ring substituents is 1. The lowest BCUT2D eigenvalue weighted by Gasteiger charge is -2.25. The summed E-state index contributed by atoms with van der Waals surface area (Å²) in [7, 11) is 0. The van der Waals surface area contributed by atoms with Gasteiger partial charge in [-0.25, -0.2) is 4.79 Å². The van der Waals surface area contributed by atoms with Crippen molar-refractivity contribution >= 4 is 23.5 Å². The maximum absolute atomic E-state index is 12.3. The number of rotatable bonds is 9. The van der Waals surface area contributed by atoms with Crippen LogP contribution in [0.1, 0.15) is 37.7 Å². The molecule has 28 heavy (non-hydrogen) atoms. The highest BCUT2D eigenvalue weighted by molar-refractivity contribution is 5.87. The van der Waals surface area contributed by atoms with Gasteiger partial charge in [0.15, 0.2) is 0 Å². The van der Waals surface area contributed by atoms with Crippen LogP contribution in [0.15, 0.2) is 24.3 Å². The lowest BCUT2D eigenvalue weighted by Crippen LogP contribution is -2.49. The number of carboxylic acids is 1. The monoisotopic (exact) mass is 394 g/mol. The highest BCUT2D eigenvalue weighted by atomic mass is 16.6. The molecule has 1 heterocycles. The molecule has 2 N–H and O–H groups in total. The van der Waals surface area contributed by atoms with E-state index < -0.39 is 40.8 Å². The molecule has 2 rings (SSSR count). The van der Waals surface area contributed by atoms with Crippen LogP contribution in [0.3, 0.4) is 0 Å². The van der Waals surface area contributed by atoms with Gasteiger partial charge in [-0.1, -0.05) is 12.1 Å². The van der Waals surface area contributed by atoms with Gasteiger partial charge in [-0.05, 0) is 25.3 Å². The Morgan fingerprint density at radius 2 is 2.04 bits per heavy atom. The number of esters is 1. The number of nitro groups is 1. The molecule has 3 atom stereocenters. The van der Waals surface area contributed by atoms with E-state index in [9.17, 15) is 29.6 Å². The van der Waals surface area contributed by atoms with Gasteiger partial charge in [0.1, 0.15) is 12.1 Å². The van der Waals surface area contributed by atoms with Gasteiger partial charge in [0, 0.05) is 24.7 Å². The lowest BCUT2D eigenvalue weighted by molar-refractivity contribution is -0.384. The second kappa shape index (κ2) is 9.79. The Morgan fingerprint density at radius 3 is 2.54 bits per heavy atom. The molecule has 152 valence electrons. The fraction of sp³-hybridized carbons (Fsp3) is 0.500. The quantitative estimate of drug-likeness (QED) is 0.363. The summed E-state index contributed by atoms with van der Waals surface area (Å²) in [5.74, 6) is -3.51. The number of amides is 1. The summed E-state index contributed by atoms with van der Waals surface area (Å²) in [5, 5.41) is 22.9. The van der Waals surface area contributed by atoms with Crippen molar-refractivity contribution in [1.29, 1.82) is 0 Å². The van der Waals surface area contributed by atoms with Crippen molar-refractivity contribution in [1.82, 2.24) is 5.32 Å². The van der Waals surface area contributed by atoms with E-state index in [2.05, 4.69) is 5.32 Å². The van der Waals surface area contributed by atoms with Crippen molar-refractivity contribution in [3.05, 3.63) is 39.9 Å². The zero-order valence-corrected chi connectivity index (χ0v) is 15.3. The molecule has 0 radical (unpaired) electrons. The standard InChI is InChI=1S/C18H22N2O8/c1-2-27-15(21)10-13(11-5-7-12(8-6-11)20(25)26)16(18(23)24)19-17(22)14-4-3-9-28-14/h5-8,13-14,16H,2-4,9-10H2,1H3,(H,19,22)(H,23,24)/t13-,14-,16+/m0/s1. The number of aliphatic carboxylic acids is 1. The number of nitrogens with zero attached hydrogens (tertiary/aromatic N) is 1. The zero-order chi connectivity index (χ0) is 20.7. The summed E-state index contributed by atoms with van der Waals surface area (Å²) >= 11 is 0. The maximum atomic E-state index is 12.3. The molecule has 0 bridgehead atoms. The predicted molar refractivity (Wildman–Crippen MR) is 95.6 cm³/mol. The summed E-state index contributed by atoms with van der Waals surface area (Å²) in [4.78, 5) is 46.5. The minimum Gasteiger partial charge on any atom is -0.480 e. The van der Waals surface area contributed by atoms with E-state index in [4.69, 9.17) is 9.47 Å². The van der Waals surface area contributed by atoms with Crippen molar-refractivity contribution in [3.8, 4) is 0 Å². The molecule has 1 amide bonds. The van der Waals surface area contributed by atoms with Crippen LogP contribution in [0.5, 0.6) is 0 Å². The van der Waals surface area contributed by atoms with Gasteiger partial charge in [0.25, 0.3) is 5.69 Å². The van der Waals surface area contributed by atoms with Crippen LogP contribution in [0, 0.1) is 10.1 Å². The summed E-state index contributed by atoms with van der Waals surface area (Å²) in [6.45, 7) is 2.16. The van der Waals surface area contributed by atoms with Gasteiger partial charge in [-0.15, -0.1) is 0 Å². The van der Waals surface area contributed by atoms with Gasteiger partial charge in [0.05, 0.1) is 18.0 Å². The minimum atomic E-state index is -1.43. The molecule has 0 saturated carbocycles. The topological polar surface area (TPSA) is 145 Å². The minimum absolute atomic E-state index is 0.117. The average molecular weight is 394 g/mol. The smallest absolute Gasteiger partial charge is 0.326 e. The predicted octanol–water partition coefficient (Wildman–Crippen LogP) is 1.38. The Kier molecular flexibility index (Phi) is 7.44. The lowest BCUT2D eigenvalue weighted by atomic mass is 9.88. The van der Waals surface area contributed by atoms with Gasteiger partial charge in [0.2, 0.25) is 5.91 Å². The summed E-state index contributed by atoms with van der Waals surface area (Å²) in [6.07, 6.45) is 0.138. The molecule has 1 aromatic carbocycles. The third-order valence-electron chi connectivity index (χ3n) is 4.41. The Bertz CT molecular complexity index is 728. The number of carbonyl (C=O) groups is 3. The molecule has 0 unspecified atom stereocenters. The molecular weight excluding hydrogens is 372 g/mol. The number of nitrogens with one attached hydrogen (secondary N) is 1. The normalized spacial score (nSPS) is 18.1. The van der Waals surface area contributed by atoms with Crippen LogP contribution in [-0.4, -0.2) is 53.2 Å². The number of carboxylic acid groups (broad SMARTS) is 1. The number of benzene rings is 1. The third kappa shape index (κ3) is 5.49. The van der Waals surface area contributed by atoms with E-state index in [0.717, 1.165) is 0 Å². The van der Waals surface area contributed by atoms with E-state index in [1.54, 1.807) is 6.92 Å². The van der Waals surface area contributed by atoms with E-state index in [-0.39, 0.29) is 18.7 Å². The first-order chi connectivity index (χ1) is 13.3. The van der Waals surface area contributed by atoms with Crippen LogP contribution in [-0.2, 0) is 23.9 Å². The number of hydrogen-bond acceptors (Lipinski definition) is 7. The average Bonchev–Trinajstić information content (AvgIpc) is 3.19. The number of carbonyl (C=O) groups excluding carboxylic acids is 2. The molecular formula is C18H22N2O8. The highest BCUT2D eigenvalue weighted by Crippen LogP contribution is 2.27. The maximum Gasteiger partial charge on any atom is 0.326 e. The zero-order valence-electron chi connectivity index (χ0n) is 15.3. The highest BCUT2D eigenvalue weighted by Gasteiger charge is 2.36. The van der Waals surface area contributed by atoms with Crippen LogP contribution < -0.4 is 5.32 Å². The fourth-order valence-electron chi connectivity index (χ4n) is 3.04. The molecule has 1 aliphatic heterocycles.